The number of aryl methyl sites for hydroxylation is 1. The second kappa shape index (κ2) is 5.21. The van der Waals surface area contributed by atoms with Gasteiger partial charge in [-0.2, -0.15) is 0 Å². The Bertz CT molecular complexity index is 559. The number of oxazole rings is 1. The van der Waals surface area contributed by atoms with Crippen molar-refractivity contribution in [1.82, 2.24) is 0 Å². The molecule has 96 valence electrons. The molecular formula is C14H18NO3+. The van der Waals surface area contributed by atoms with Crippen molar-refractivity contribution < 1.29 is 18.9 Å². The molecule has 2 aromatic rings. The Morgan fingerprint density at radius 2 is 2.17 bits per heavy atom. The van der Waals surface area contributed by atoms with Crippen LogP contribution in [0, 0.1) is 6.92 Å². The fourth-order valence-electron chi connectivity index (χ4n) is 2.27. The lowest BCUT2D eigenvalue weighted by molar-refractivity contribution is -0.697. The highest BCUT2D eigenvalue weighted by Gasteiger charge is 2.33. The molecular weight excluding hydrogens is 230 g/mol. The minimum Gasteiger partial charge on any atom is -0.476 e. The Morgan fingerprint density at radius 3 is 2.83 bits per heavy atom. The van der Waals surface area contributed by atoms with Crippen molar-refractivity contribution in [2.24, 2.45) is 0 Å². The third kappa shape index (κ3) is 2.23. The van der Waals surface area contributed by atoms with Crippen molar-refractivity contribution >= 4 is 17.1 Å². The van der Waals surface area contributed by atoms with Crippen LogP contribution in [0.25, 0.3) is 11.1 Å². The second-order valence-corrected chi connectivity index (χ2v) is 4.46. The fraction of sp³-hybridized carbons (Fsp3) is 0.429. The Hall–Kier alpha value is -1.84. The molecule has 2 rings (SSSR count). The van der Waals surface area contributed by atoms with E-state index in [0.29, 0.717) is 12.3 Å². The van der Waals surface area contributed by atoms with E-state index >= 15 is 0 Å². The van der Waals surface area contributed by atoms with Gasteiger partial charge in [-0.15, -0.1) is 4.57 Å². The normalized spacial score (nSPS) is 12.8. The summed E-state index contributed by atoms with van der Waals surface area (Å²) in [6, 6.07) is 6.99. The minimum atomic E-state index is -0.803. The van der Waals surface area contributed by atoms with Crippen LogP contribution in [0.1, 0.15) is 38.1 Å². The first-order valence-corrected chi connectivity index (χ1v) is 6.27. The van der Waals surface area contributed by atoms with E-state index in [1.807, 2.05) is 31.2 Å². The summed E-state index contributed by atoms with van der Waals surface area (Å²) in [5.41, 5.74) is 1.58. The molecule has 0 spiro atoms. The first-order chi connectivity index (χ1) is 8.65. The average molecular weight is 248 g/mol. The third-order valence-electron chi connectivity index (χ3n) is 3.15. The Morgan fingerprint density at radius 1 is 1.44 bits per heavy atom. The van der Waals surface area contributed by atoms with E-state index in [2.05, 4.69) is 6.92 Å². The lowest BCUT2D eigenvalue weighted by atomic mass is 10.1. The van der Waals surface area contributed by atoms with Gasteiger partial charge < -0.3 is 9.52 Å². The maximum Gasteiger partial charge on any atom is 0.373 e. The number of nitrogens with zero attached hydrogens (tertiary/aromatic N) is 1. The number of benzene rings is 1. The summed E-state index contributed by atoms with van der Waals surface area (Å²) < 4.78 is 7.39. The summed E-state index contributed by atoms with van der Waals surface area (Å²) in [4.78, 5) is 11.4. The van der Waals surface area contributed by atoms with Gasteiger partial charge in [0.2, 0.25) is 5.58 Å². The molecule has 1 heterocycles. The maximum absolute atomic E-state index is 11.4. The number of para-hydroxylation sites is 2. The number of unbranched alkanes of at least 4 members (excludes halogenated alkanes) is 1. The van der Waals surface area contributed by atoms with E-state index in [1.54, 1.807) is 4.57 Å². The molecule has 1 unspecified atom stereocenters. The van der Waals surface area contributed by atoms with E-state index in [0.717, 1.165) is 23.9 Å². The van der Waals surface area contributed by atoms with Crippen LogP contribution in [0.15, 0.2) is 28.7 Å². The van der Waals surface area contributed by atoms with Gasteiger partial charge in [0.05, 0.1) is 6.92 Å². The molecule has 0 fully saturated rings. The van der Waals surface area contributed by atoms with Gasteiger partial charge in [-0.05, 0) is 12.5 Å². The maximum atomic E-state index is 11.4. The molecule has 18 heavy (non-hydrogen) atoms. The SMILES string of the molecule is CCCCC(C(=O)O)[n+]1c(C)oc2ccccc21. The highest BCUT2D eigenvalue weighted by atomic mass is 16.4. The number of carboxylic acid groups (broad SMARTS) is 1. The molecule has 0 aliphatic rings. The third-order valence-corrected chi connectivity index (χ3v) is 3.15. The minimum absolute atomic E-state index is 0.548. The molecule has 0 bridgehead atoms. The Labute approximate surface area is 106 Å². The molecule has 0 aliphatic carbocycles. The summed E-state index contributed by atoms with van der Waals surface area (Å²) in [6.45, 7) is 3.87. The van der Waals surface area contributed by atoms with E-state index in [9.17, 15) is 9.90 Å². The fourth-order valence-corrected chi connectivity index (χ4v) is 2.27. The van der Waals surface area contributed by atoms with Gasteiger partial charge in [-0.1, -0.05) is 25.5 Å². The average Bonchev–Trinajstić information content (AvgIpc) is 2.66. The van der Waals surface area contributed by atoms with E-state index in [4.69, 9.17) is 4.42 Å². The smallest absolute Gasteiger partial charge is 0.373 e. The lowest BCUT2D eigenvalue weighted by Gasteiger charge is -2.06. The number of carboxylic acids is 1. The monoisotopic (exact) mass is 248 g/mol. The number of hydrogen-bond acceptors (Lipinski definition) is 2. The number of fused-ring (bicyclic) bond motifs is 1. The van der Waals surface area contributed by atoms with Gasteiger partial charge in [0, 0.05) is 12.5 Å². The molecule has 0 aliphatic heterocycles. The largest absolute Gasteiger partial charge is 0.476 e. The topological polar surface area (TPSA) is 54.3 Å². The van der Waals surface area contributed by atoms with Crippen molar-refractivity contribution in [3.8, 4) is 0 Å². The van der Waals surface area contributed by atoms with E-state index < -0.39 is 12.0 Å². The molecule has 0 amide bonds. The molecule has 4 nitrogen and oxygen atoms in total. The quantitative estimate of drug-likeness (QED) is 0.828. The molecule has 0 saturated carbocycles. The standard InChI is InChI=1S/C14H17NO3/c1-3-4-7-12(14(16)17)15-10(2)18-13-9-6-5-8-11(13)15/h5-6,8-9,12H,3-4,7H2,1-2H3/p+1. The number of aromatic nitrogens is 1. The first-order valence-electron chi connectivity index (χ1n) is 6.27. The number of rotatable bonds is 5. The zero-order chi connectivity index (χ0) is 13.1. The van der Waals surface area contributed by atoms with E-state index in [1.165, 1.54) is 0 Å². The molecule has 0 radical (unpaired) electrons. The second-order valence-electron chi connectivity index (χ2n) is 4.46. The van der Waals surface area contributed by atoms with Crippen molar-refractivity contribution in [1.29, 1.82) is 0 Å². The van der Waals surface area contributed by atoms with Crippen LogP contribution in [0.4, 0.5) is 0 Å². The van der Waals surface area contributed by atoms with Crippen molar-refractivity contribution in [2.75, 3.05) is 0 Å². The summed E-state index contributed by atoms with van der Waals surface area (Å²) in [6.07, 6.45) is 2.50. The van der Waals surface area contributed by atoms with E-state index in [-0.39, 0.29) is 0 Å². The molecule has 1 aromatic heterocycles. The van der Waals surface area contributed by atoms with Crippen LogP contribution < -0.4 is 4.57 Å². The van der Waals surface area contributed by atoms with Crippen LogP contribution in [0.3, 0.4) is 0 Å². The summed E-state index contributed by atoms with van der Waals surface area (Å²) >= 11 is 0. The van der Waals surface area contributed by atoms with Gasteiger partial charge in [0.25, 0.3) is 11.6 Å². The summed E-state index contributed by atoms with van der Waals surface area (Å²) in [5, 5.41) is 9.39. The van der Waals surface area contributed by atoms with Gasteiger partial charge in [-0.3, -0.25) is 0 Å². The number of hydrogen-bond donors (Lipinski definition) is 1. The van der Waals surface area contributed by atoms with Crippen LogP contribution in [-0.4, -0.2) is 11.1 Å². The van der Waals surface area contributed by atoms with Gasteiger partial charge in [0.15, 0.2) is 0 Å². The first kappa shape index (κ1) is 12.6. The molecule has 0 saturated heterocycles. The zero-order valence-corrected chi connectivity index (χ0v) is 10.7. The van der Waals surface area contributed by atoms with Crippen molar-refractivity contribution in [2.45, 2.75) is 39.2 Å². The van der Waals surface area contributed by atoms with Gasteiger partial charge in [-0.25, -0.2) is 4.79 Å². The summed E-state index contributed by atoms with van der Waals surface area (Å²) in [7, 11) is 0. The van der Waals surface area contributed by atoms with Crippen LogP contribution in [-0.2, 0) is 4.79 Å². The van der Waals surface area contributed by atoms with Crippen LogP contribution in [0.2, 0.25) is 0 Å². The van der Waals surface area contributed by atoms with Crippen molar-refractivity contribution in [3.63, 3.8) is 0 Å². The highest BCUT2D eigenvalue weighted by Crippen LogP contribution is 2.18. The predicted octanol–water partition coefficient (Wildman–Crippen LogP) is 2.84. The molecule has 1 atom stereocenters. The van der Waals surface area contributed by atoms with Crippen LogP contribution in [0.5, 0.6) is 0 Å². The van der Waals surface area contributed by atoms with Gasteiger partial charge in [0.1, 0.15) is 0 Å². The van der Waals surface area contributed by atoms with Crippen LogP contribution >= 0.6 is 0 Å². The highest BCUT2D eigenvalue weighted by molar-refractivity contribution is 5.73. The molecule has 1 N–H and O–H groups in total. The zero-order valence-electron chi connectivity index (χ0n) is 10.7. The Balaban J connectivity index is 2.49. The number of aliphatic carboxylic acids is 1. The summed E-state index contributed by atoms with van der Waals surface area (Å²) in [5.74, 6) is -0.164. The Kier molecular flexibility index (Phi) is 3.65. The van der Waals surface area contributed by atoms with Crippen molar-refractivity contribution in [3.05, 3.63) is 30.2 Å². The van der Waals surface area contributed by atoms with Gasteiger partial charge >= 0.3 is 11.9 Å². The lowest BCUT2D eigenvalue weighted by Crippen LogP contribution is -2.45. The number of carbonyl (C=O) groups is 1. The molecule has 1 aromatic carbocycles. The molecule has 4 heteroatoms. The predicted molar refractivity (Wildman–Crippen MR) is 67.3 cm³/mol.